The van der Waals surface area contributed by atoms with Crippen molar-refractivity contribution in [2.45, 2.75) is 49.5 Å². The topological polar surface area (TPSA) is 263 Å². The minimum atomic E-state index is -1.63. The van der Waals surface area contributed by atoms with Gasteiger partial charge in [0.05, 0.1) is 19.6 Å². The number of nitrogens with two attached hydrogens (primary N) is 2. The summed E-state index contributed by atoms with van der Waals surface area (Å²) < 4.78 is 0. The van der Waals surface area contributed by atoms with Gasteiger partial charge in [0.25, 0.3) is 0 Å². The van der Waals surface area contributed by atoms with Gasteiger partial charge in [0.2, 0.25) is 29.5 Å². The Labute approximate surface area is 234 Å². The second kappa shape index (κ2) is 17.8. The highest BCUT2D eigenvalue weighted by atomic mass is 32.2. The first kappa shape index (κ1) is 34.3. The van der Waals surface area contributed by atoms with E-state index < -0.39 is 85.3 Å². The van der Waals surface area contributed by atoms with E-state index in [4.69, 9.17) is 16.6 Å². The molecule has 1 rings (SSSR count). The molecule has 5 amide bonds. The maximum Gasteiger partial charge on any atom is 0.326 e. The van der Waals surface area contributed by atoms with Crippen LogP contribution in [0.25, 0.3) is 0 Å². The number of carboxylic acid groups (broad SMARTS) is 1. The molecule has 5 atom stereocenters. The van der Waals surface area contributed by atoms with E-state index in [1.54, 1.807) is 36.6 Å². The third-order valence-corrected chi connectivity index (χ3v) is 6.17. The number of aliphatic hydroxyl groups is 2. The molecule has 0 unspecified atom stereocenters. The Balaban J connectivity index is 3.04. The van der Waals surface area contributed by atoms with E-state index in [0.717, 1.165) is 0 Å². The SMILES string of the molecule is CSCC[C@H](NC(=O)[C@H](CO)NC(=O)[C@H](Cc1ccccc1)NC(=O)[C@@H](N)CO)C(=O)N[C@@H](CC(N)=O)C(=O)O. The quantitative estimate of drug-likeness (QED) is 0.0807. The predicted octanol–water partition coefficient (Wildman–Crippen LogP) is -3.81. The number of nitrogens with one attached hydrogen (secondary N) is 4. The van der Waals surface area contributed by atoms with Gasteiger partial charge in [-0.1, -0.05) is 30.3 Å². The number of rotatable bonds is 18. The van der Waals surface area contributed by atoms with E-state index in [1.807, 2.05) is 0 Å². The van der Waals surface area contributed by atoms with Crippen LogP contribution in [0.2, 0.25) is 0 Å². The summed E-state index contributed by atoms with van der Waals surface area (Å²) in [6.45, 7) is -1.55. The zero-order chi connectivity index (χ0) is 30.2. The van der Waals surface area contributed by atoms with Crippen LogP contribution in [-0.2, 0) is 35.2 Å². The number of benzene rings is 1. The van der Waals surface area contributed by atoms with Crippen LogP contribution in [0.3, 0.4) is 0 Å². The highest BCUT2D eigenvalue weighted by molar-refractivity contribution is 7.98. The van der Waals surface area contributed by atoms with Crippen LogP contribution >= 0.6 is 11.8 Å². The number of primary amides is 1. The fraction of sp³-hybridized carbons (Fsp3) is 0.500. The van der Waals surface area contributed by atoms with Crippen LogP contribution in [0.5, 0.6) is 0 Å². The molecule has 0 aliphatic rings. The maximum atomic E-state index is 13.1. The van der Waals surface area contributed by atoms with Crippen molar-refractivity contribution in [3.05, 3.63) is 35.9 Å². The fourth-order valence-electron chi connectivity index (χ4n) is 3.34. The molecule has 15 nitrogen and oxygen atoms in total. The van der Waals surface area contributed by atoms with Crippen molar-refractivity contribution >= 4 is 47.3 Å². The van der Waals surface area contributed by atoms with Gasteiger partial charge < -0.3 is 48.1 Å². The van der Waals surface area contributed by atoms with Gasteiger partial charge in [0.15, 0.2) is 0 Å². The Bertz CT molecular complexity index is 1030. The first-order valence-corrected chi connectivity index (χ1v) is 13.6. The van der Waals surface area contributed by atoms with Crippen molar-refractivity contribution in [3.8, 4) is 0 Å². The van der Waals surface area contributed by atoms with Crippen LogP contribution in [0, 0.1) is 0 Å². The molecular weight excluding hydrogens is 548 g/mol. The fourth-order valence-corrected chi connectivity index (χ4v) is 3.81. The van der Waals surface area contributed by atoms with Gasteiger partial charge in [-0.25, -0.2) is 4.79 Å². The third-order valence-electron chi connectivity index (χ3n) is 5.53. The molecule has 1 aromatic rings. The zero-order valence-electron chi connectivity index (χ0n) is 21.9. The Morgan fingerprint density at radius 1 is 0.800 bits per heavy atom. The molecule has 0 heterocycles. The molecule has 0 fully saturated rings. The third kappa shape index (κ3) is 12.0. The Morgan fingerprint density at radius 3 is 1.85 bits per heavy atom. The standard InChI is InChI=1S/C24H36N6O9S/c1-40-8-7-15(21(35)29-17(24(38)39)10-19(26)33)27-23(37)18(12-32)30-22(36)16(28-20(34)14(25)11-31)9-13-5-3-2-4-6-13/h2-6,14-18,31-32H,7-12,25H2,1H3,(H2,26,33)(H,27,37)(H,28,34)(H,29,35)(H,30,36)(H,38,39)/t14-,15-,16-,17-,18-/m0/s1. The van der Waals surface area contributed by atoms with Crippen molar-refractivity contribution in [1.29, 1.82) is 0 Å². The van der Waals surface area contributed by atoms with Gasteiger partial charge in [-0.15, -0.1) is 0 Å². The molecule has 11 N–H and O–H groups in total. The van der Waals surface area contributed by atoms with E-state index in [-0.39, 0.29) is 12.8 Å². The molecule has 0 aliphatic heterocycles. The lowest BCUT2D eigenvalue weighted by atomic mass is 10.0. The van der Waals surface area contributed by atoms with E-state index in [9.17, 15) is 39.0 Å². The van der Waals surface area contributed by atoms with Crippen molar-refractivity contribution < 1.29 is 44.1 Å². The summed E-state index contributed by atoms with van der Waals surface area (Å²) >= 11 is 1.34. The number of amides is 5. The summed E-state index contributed by atoms with van der Waals surface area (Å²) in [5, 5.41) is 37.5. The van der Waals surface area contributed by atoms with Crippen LogP contribution in [0.4, 0.5) is 0 Å². The Kier molecular flexibility index (Phi) is 15.2. The second-order valence-electron chi connectivity index (χ2n) is 8.70. The van der Waals surface area contributed by atoms with Crippen molar-refractivity contribution in [2.75, 3.05) is 25.2 Å². The molecule has 0 aromatic heterocycles. The van der Waals surface area contributed by atoms with Crippen LogP contribution < -0.4 is 32.7 Å². The lowest BCUT2D eigenvalue weighted by Gasteiger charge is -2.25. The largest absolute Gasteiger partial charge is 0.480 e. The molecule has 0 saturated carbocycles. The molecule has 0 spiro atoms. The van der Waals surface area contributed by atoms with Crippen LogP contribution in [0.1, 0.15) is 18.4 Å². The minimum Gasteiger partial charge on any atom is -0.480 e. The summed E-state index contributed by atoms with van der Waals surface area (Å²) in [5.41, 5.74) is 11.2. The normalized spacial score (nSPS) is 14.5. The number of hydrogen-bond acceptors (Lipinski definition) is 10. The van der Waals surface area contributed by atoms with Gasteiger partial charge >= 0.3 is 5.97 Å². The monoisotopic (exact) mass is 584 g/mol. The molecule has 16 heteroatoms. The average molecular weight is 585 g/mol. The van der Waals surface area contributed by atoms with Gasteiger partial charge in [-0.3, -0.25) is 24.0 Å². The van der Waals surface area contributed by atoms with E-state index in [0.29, 0.717) is 11.3 Å². The highest BCUT2D eigenvalue weighted by Crippen LogP contribution is 2.06. The van der Waals surface area contributed by atoms with E-state index >= 15 is 0 Å². The average Bonchev–Trinajstić information content (AvgIpc) is 2.92. The summed E-state index contributed by atoms with van der Waals surface area (Å²) in [5.74, 6) is -5.64. The first-order chi connectivity index (χ1) is 18.9. The van der Waals surface area contributed by atoms with Gasteiger partial charge in [-0.2, -0.15) is 11.8 Å². The number of carbonyl (C=O) groups excluding carboxylic acids is 5. The van der Waals surface area contributed by atoms with Gasteiger partial charge in [-0.05, 0) is 24.0 Å². The molecule has 0 radical (unpaired) electrons. The van der Waals surface area contributed by atoms with Crippen molar-refractivity contribution in [3.63, 3.8) is 0 Å². The molecule has 222 valence electrons. The Hall–Kier alpha value is -3.73. The smallest absolute Gasteiger partial charge is 0.326 e. The lowest BCUT2D eigenvalue weighted by Crippen LogP contribution is -2.60. The number of aliphatic hydroxyl groups excluding tert-OH is 2. The summed E-state index contributed by atoms with van der Waals surface area (Å²) in [6.07, 6.45) is 1.11. The highest BCUT2D eigenvalue weighted by Gasteiger charge is 2.32. The summed E-state index contributed by atoms with van der Waals surface area (Å²) in [4.78, 5) is 73.6. The number of thioether (sulfide) groups is 1. The van der Waals surface area contributed by atoms with Crippen LogP contribution in [0.15, 0.2) is 30.3 Å². The summed E-state index contributed by atoms with van der Waals surface area (Å²) in [7, 11) is 0. The van der Waals surface area contributed by atoms with Crippen molar-refractivity contribution in [2.24, 2.45) is 11.5 Å². The first-order valence-electron chi connectivity index (χ1n) is 12.2. The molecule has 0 bridgehead atoms. The molecule has 0 aliphatic carbocycles. The molecule has 1 aromatic carbocycles. The maximum absolute atomic E-state index is 13.1. The predicted molar refractivity (Wildman–Crippen MR) is 144 cm³/mol. The van der Waals surface area contributed by atoms with E-state index in [2.05, 4.69) is 21.3 Å². The molecule has 40 heavy (non-hydrogen) atoms. The summed E-state index contributed by atoms with van der Waals surface area (Å²) in [6, 6.07) is 1.58. The van der Waals surface area contributed by atoms with Gasteiger partial charge in [0, 0.05) is 6.42 Å². The zero-order valence-corrected chi connectivity index (χ0v) is 22.7. The van der Waals surface area contributed by atoms with Crippen molar-refractivity contribution in [1.82, 2.24) is 21.3 Å². The van der Waals surface area contributed by atoms with E-state index in [1.165, 1.54) is 11.8 Å². The number of carboxylic acids is 1. The Morgan fingerprint density at radius 2 is 1.32 bits per heavy atom. The number of carbonyl (C=O) groups is 6. The second-order valence-corrected chi connectivity index (χ2v) is 9.68. The molecular formula is C24H36N6O9S. The number of hydrogen-bond donors (Lipinski definition) is 9. The molecule has 0 saturated heterocycles. The van der Waals surface area contributed by atoms with Crippen LogP contribution in [-0.4, -0.2) is 106 Å². The minimum absolute atomic E-state index is 0.00841. The van der Waals surface area contributed by atoms with Gasteiger partial charge in [0.1, 0.15) is 30.2 Å². The lowest BCUT2D eigenvalue weighted by molar-refractivity contribution is -0.143. The number of aliphatic carboxylic acids is 1.